The predicted octanol–water partition coefficient (Wildman–Crippen LogP) is 2.88. The molecule has 1 aliphatic heterocycles. The monoisotopic (exact) mass is 397 g/mol. The molecular formula is C22H23NO6. The van der Waals surface area contributed by atoms with E-state index in [0.717, 1.165) is 36.6 Å². The number of aryl methyl sites for hydroxylation is 2. The van der Waals surface area contributed by atoms with Gasteiger partial charge in [-0.1, -0.05) is 12.8 Å². The molecule has 2 amide bonds. The molecule has 0 radical (unpaired) electrons. The van der Waals surface area contributed by atoms with Crippen molar-refractivity contribution in [2.24, 2.45) is 11.8 Å². The van der Waals surface area contributed by atoms with E-state index in [1.807, 2.05) is 6.92 Å². The summed E-state index contributed by atoms with van der Waals surface area (Å²) in [5.41, 5.74) is 1.25. The van der Waals surface area contributed by atoms with Crippen LogP contribution in [0.4, 0.5) is 0 Å². The molecule has 0 unspecified atom stereocenters. The van der Waals surface area contributed by atoms with E-state index in [9.17, 15) is 19.2 Å². The zero-order chi connectivity index (χ0) is 20.7. The second-order valence-corrected chi connectivity index (χ2v) is 7.86. The Bertz CT molecular complexity index is 1040. The average molecular weight is 397 g/mol. The summed E-state index contributed by atoms with van der Waals surface area (Å²) in [6.07, 6.45) is 3.35. The number of carbonyl (C=O) groups excluding carboxylic acids is 3. The van der Waals surface area contributed by atoms with Gasteiger partial charge in [-0.15, -0.1) is 0 Å². The smallest absolute Gasteiger partial charge is 0.336 e. The fourth-order valence-corrected chi connectivity index (χ4v) is 4.44. The molecule has 152 valence electrons. The van der Waals surface area contributed by atoms with Gasteiger partial charge in [0.1, 0.15) is 11.3 Å². The van der Waals surface area contributed by atoms with E-state index < -0.39 is 11.6 Å². The van der Waals surface area contributed by atoms with Crippen molar-refractivity contribution in [1.82, 2.24) is 4.90 Å². The number of fused-ring (bicyclic) bond motifs is 2. The Morgan fingerprint density at radius 1 is 1.10 bits per heavy atom. The number of imide groups is 1. The van der Waals surface area contributed by atoms with Crippen molar-refractivity contribution >= 4 is 28.8 Å². The van der Waals surface area contributed by atoms with Crippen molar-refractivity contribution in [1.29, 1.82) is 0 Å². The molecule has 1 aliphatic carbocycles. The van der Waals surface area contributed by atoms with E-state index in [-0.39, 0.29) is 36.6 Å². The van der Waals surface area contributed by atoms with Crippen molar-refractivity contribution in [3.8, 4) is 5.75 Å². The molecule has 7 heteroatoms. The van der Waals surface area contributed by atoms with Crippen LogP contribution in [0.25, 0.3) is 11.0 Å². The van der Waals surface area contributed by atoms with Gasteiger partial charge in [0, 0.05) is 23.6 Å². The van der Waals surface area contributed by atoms with Crippen molar-refractivity contribution in [3.05, 3.63) is 39.7 Å². The molecule has 2 aliphatic rings. The zero-order valence-corrected chi connectivity index (χ0v) is 16.5. The third-order valence-electron chi connectivity index (χ3n) is 6.01. The van der Waals surface area contributed by atoms with E-state index in [0.29, 0.717) is 16.9 Å². The Hall–Kier alpha value is -2.96. The summed E-state index contributed by atoms with van der Waals surface area (Å²) in [6, 6.07) is 4.81. The predicted molar refractivity (Wildman–Crippen MR) is 104 cm³/mol. The maximum Gasteiger partial charge on any atom is 0.336 e. The minimum absolute atomic E-state index is 0.0321. The Labute approximate surface area is 167 Å². The lowest BCUT2D eigenvalue weighted by molar-refractivity contribution is -0.141. The summed E-state index contributed by atoms with van der Waals surface area (Å²) >= 11 is 0. The fraction of sp³-hybridized carbons (Fsp3) is 0.455. The van der Waals surface area contributed by atoms with Crippen LogP contribution < -0.4 is 10.4 Å². The van der Waals surface area contributed by atoms with Gasteiger partial charge in [-0.3, -0.25) is 19.3 Å². The molecule has 4 rings (SSSR count). The van der Waals surface area contributed by atoms with Crippen LogP contribution in [0.2, 0.25) is 0 Å². The number of hydrogen-bond acceptors (Lipinski definition) is 6. The van der Waals surface area contributed by atoms with Crippen molar-refractivity contribution < 1.29 is 23.5 Å². The van der Waals surface area contributed by atoms with Crippen molar-refractivity contribution in [2.45, 2.75) is 46.0 Å². The average Bonchev–Trinajstić information content (AvgIpc) is 2.93. The Morgan fingerprint density at radius 2 is 1.76 bits per heavy atom. The van der Waals surface area contributed by atoms with Crippen LogP contribution in [-0.2, 0) is 14.4 Å². The molecule has 0 spiro atoms. The number of ether oxygens (including phenoxy) is 1. The van der Waals surface area contributed by atoms with Gasteiger partial charge in [0.05, 0.1) is 18.3 Å². The van der Waals surface area contributed by atoms with Crippen molar-refractivity contribution in [2.75, 3.05) is 6.54 Å². The third kappa shape index (κ3) is 3.45. The van der Waals surface area contributed by atoms with Gasteiger partial charge in [-0.05, 0) is 44.4 Å². The molecule has 2 heterocycles. The zero-order valence-electron chi connectivity index (χ0n) is 16.5. The topological polar surface area (TPSA) is 93.9 Å². The van der Waals surface area contributed by atoms with Crippen molar-refractivity contribution in [3.63, 3.8) is 0 Å². The first-order valence-electron chi connectivity index (χ1n) is 9.97. The van der Waals surface area contributed by atoms with Crippen LogP contribution in [-0.4, -0.2) is 29.2 Å². The minimum Gasteiger partial charge on any atom is -0.426 e. The van der Waals surface area contributed by atoms with E-state index in [1.165, 1.54) is 11.0 Å². The number of likely N-dealkylation sites (tertiary alicyclic amines) is 1. The lowest BCUT2D eigenvalue weighted by Gasteiger charge is -2.19. The van der Waals surface area contributed by atoms with Gasteiger partial charge < -0.3 is 9.15 Å². The highest BCUT2D eigenvalue weighted by Crippen LogP contribution is 2.38. The number of amides is 2. The highest BCUT2D eigenvalue weighted by molar-refractivity contribution is 6.05. The molecule has 1 aromatic heterocycles. The van der Waals surface area contributed by atoms with Crippen LogP contribution in [0, 0.1) is 25.7 Å². The third-order valence-corrected chi connectivity index (χ3v) is 6.01. The lowest BCUT2D eigenvalue weighted by atomic mass is 9.81. The first-order chi connectivity index (χ1) is 13.9. The number of benzene rings is 1. The normalized spacial score (nSPS) is 21.5. The second kappa shape index (κ2) is 7.46. The van der Waals surface area contributed by atoms with Crippen LogP contribution in [0.5, 0.6) is 5.75 Å². The van der Waals surface area contributed by atoms with E-state index in [1.54, 1.807) is 19.1 Å². The molecule has 1 saturated heterocycles. The Balaban J connectivity index is 1.45. The molecule has 1 saturated carbocycles. The van der Waals surface area contributed by atoms with E-state index in [4.69, 9.17) is 9.15 Å². The molecule has 0 N–H and O–H groups in total. The van der Waals surface area contributed by atoms with Crippen LogP contribution in [0.15, 0.2) is 27.4 Å². The standard InChI is InChI=1S/C22H23NO6/c1-12-11-19(25)29-20-13(2)17(8-7-14(12)20)28-18(24)9-10-23-21(26)15-5-3-4-6-16(15)22(23)27/h7-8,11,15-16H,3-6,9-10H2,1-2H3/t15-,16-/m0/s1. The summed E-state index contributed by atoms with van der Waals surface area (Å²) in [4.78, 5) is 50.2. The first kappa shape index (κ1) is 19.4. The molecule has 2 fully saturated rings. The Kier molecular flexibility index (Phi) is 4.98. The molecule has 2 atom stereocenters. The van der Waals surface area contributed by atoms with Crippen LogP contribution in [0.3, 0.4) is 0 Å². The first-order valence-corrected chi connectivity index (χ1v) is 9.97. The Morgan fingerprint density at radius 3 is 2.41 bits per heavy atom. The highest BCUT2D eigenvalue weighted by atomic mass is 16.5. The summed E-state index contributed by atoms with van der Waals surface area (Å²) < 4.78 is 10.7. The number of nitrogens with zero attached hydrogens (tertiary/aromatic N) is 1. The molecule has 0 bridgehead atoms. The highest BCUT2D eigenvalue weighted by Gasteiger charge is 2.47. The largest absolute Gasteiger partial charge is 0.426 e. The van der Waals surface area contributed by atoms with Gasteiger partial charge in [-0.25, -0.2) is 4.79 Å². The number of rotatable bonds is 4. The SMILES string of the molecule is Cc1cc(=O)oc2c(C)c(OC(=O)CCN3C(=O)[C@H]4CCCC[C@@H]4C3=O)ccc12. The number of carbonyl (C=O) groups is 3. The van der Waals surface area contributed by atoms with Gasteiger partial charge in [0.2, 0.25) is 11.8 Å². The molecule has 2 aromatic rings. The van der Waals surface area contributed by atoms with Crippen LogP contribution in [0.1, 0.15) is 43.2 Å². The van der Waals surface area contributed by atoms with Gasteiger partial charge in [0.15, 0.2) is 0 Å². The van der Waals surface area contributed by atoms with E-state index in [2.05, 4.69) is 0 Å². The summed E-state index contributed by atoms with van der Waals surface area (Å²) in [6.45, 7) is 3.56. The van der Waals surface area contributed by atoms with Crippen LogP contribution >= 0.6 is 0 Å². The van der Waals surface area contributed by atoms with Gasteiger partial charge in [-0.2, -0.15) is 0 Å². The maximum absolute atomic E-state index is 12.5. The molecular weight excluding hydrogens is 374 g/mol. The summed E-state index contributed by atoms with van der Waals surface area (Å²) in [5, 5.41) is 0.776. The van der Waals surface area contributed by atoms with E-state index >= 15 is 0 Å². The van der Waals surface area contributed by atoms with Gasteiger partial charge in [0.25, 0.3) is 0 Å². The quantitative estimate of drug-likeness (QED) is 0.341. The second-order valence-electron chi connectivity index (χ2n) is 7.86. The fourth-order valence-electron chi connectivity index (χ4n) is 4.44. The maximum atomic E-state index is 12.5. The lowest BCUT2D eigenvalue weighted by Crippen LogP contribution is -2.33. The summed E-state index contributed by atoms with van der Waals surface area (Å²) in [5.74, 6) is -1.01. The molecule has 1 aromatic carbocycles. The minimum atomic E-state index is -0.544. The number of esters is 1. The van der Waals surface area contributed by atoms with Gasteiger partial charge >= 0.3 is 11.6 Å². The number of hydrogen-bond donors (Lipinski definition) is 0. The summed E-state index contributed by atoms with van der Waals surface area (Å²) in [7, 11) is 0. The molecule has 29 heavy (non-hydrogen) atoms. The molecule has 7 nitrogen and oxygen atoms in total.